The van der Waals surface area contributed by atoms with Gasteiger partial charge in [0.1, 0.15) is 5.76 Å². The summed E-state index contributed by atoms with van der Waals surface area (Å²) in [7, 11) is 0. The third-order valence-corrected chi connectivity index (χ3v) is 3.87. The van der Waals surface area contributed by atoms with Crippen molar-refractivity contribution in [1.29, 1.82) is 0 Å². The molecule has 1 unspecified atom stereocenters. The Bertz CT molecular complexity index is 812. The minimum Gasteiger partial charge on any atom is -0.360 e. The molecule has 8 heteroatoms. The lowest BCUT2D eigenvalue weighted by Crippen LogP contribution is -2.28. The van der Waals surface area contributed by atoms with Crippen molar-refractivity contribution in [3.63, 3.8) is 0 Å². The van der Waals surface area contributed by atoms with E-state index in [0.29, 0.717) is 29.5 Å². The van der Waals surface area contributed by atoms with Gasteiger partial charge in [-0.25, -0.2) is 0 Å². The molecule has 1 aromatic heterocycles. The molecule has 0 radical (unpaired) electrons. The summed E-state index contributed by atoms with van der Waals surface area (Å²) in [4.78, 5) is 37.2. The number of hydrogen-bond donors (Lipinski definition) is 2. The number of anilines is 3. The first-order chi connectivity index (χ1) is 11.9. The Labute approximate surface area is 144 Å². The predicted molar refractivity (Wildman–Crippen MR) is 91.1 cm³/mol. The number of nitrogens with one attached hydrogen (secondary N) is 2. The molecule has 1 aliphatic rings. The van der Waals surface area contributed by atoms with Crippen molar-refractivity contribution < 1.29 is 18.9 Å². The van der Waals surface area contributed by atoms with Crippen LogP contribution in [0.2, 0.25) is 0 Å². The Morgan fingerprint density at radius 3 is 2.56 bits per heavy atom. The summed E-state index contributed by atoms with van der Waals surface area (Å²) >= 11 is 0. The average molecular weight is 342 g/mol. The van der Waals surface area contributed by atoms with Crippen LogP contribution < -0.4 is 15.5 Å². The zero-order valence-electron chi connectivity index (χ0n) is 13.9. The standard InChI is InChI=1S/C17H18N4O4/c1-10-7-15(20-25-10)19-17(24)12-8-16(23)21(9-12)14-5-3-13(4-6-14)18-11(2)22/h3-7,12H,8-9H2,1-2H3,(H,18,22)(H,19,20,24). The fraction of sp³-hybridized carbons (Fsp3) is 0.294. The Morgan fingerprint density at radius 1 is 1.24 bits per heavy atom. The zero-order valence-corrected chi connectivity index (χ0v) is 13.9. The summed E-state index contributed by atoms with van der Waals surface area (Å²) in [5, 5.41) is 9.04. The van der Waals surface area contributed by atoms with Crippen LogP contribution in [0.15, 0.2) is 34.9 Å². The van der Waals surface area contributed by atoms with E-state index in [-0.39, 0.29) is 24.1 Å². The van der Waals surface area contributed by atoms with Gasteiger partial charge >= 0.3 is 0 Å². The maximum absolute atomic E-state index is 12.3. The molecule has 3 rings (SSSR count). The molecule has 2 heterocycles. The van der Waals surface area contributed by atoms with E-state index in [1.165, 1.54) is 6.92 Å². The highest BCUT2D eigenvalue weighted by Gasteiger charge is 2.35. The molecule has 130 valence electrons. The smallest absolute Gasteiger partial charge is 0.231 e. The summed E-state index contributed by atoms with van der Waals surface area (Å²) in [6.07, 6.45) is 0.135. The van der Waals surface area contributed by atoms with Crippen molar-refractivity contribution in [3.8, 4) is 0 Å². The first-order valence-electron chi connectivity index (χ1n) is 7.84. The van der Waals surface area contributed by atoms with Gasteiger partial charge in [0.2, 0.25) is 17.7 Å². The number of carbonyl (C=O) groups is 3. The fourth-order valence-electron chi connectivity index (χ4n) is 2.71. The van der Waals surface area contributed by atoms with Crippen LogP contribution in [-0.4, -0.2) is 29.4 Å². The van der Waals surface area contributed by atoms with Gasteiger partial charge < -0.3 is 20.1 Å². The van der Waals surface area contributed by atoms with Gasteiger partial charge in [-0.2, -0.15) is 0 Å². The second-order valence-corrected chi connectivity index (χ2v) is 5.95. The number of amides is 3. The van der Waals surface area contributed by atoms with E-state index in [2.05, 4.69) is 15.8 Å². The first-order valence-corrected chi connectivity index (χ1v) is 7.84. The minimum atomic E-state index is -0.459. The highest BCUT2D eigenvalue weighted by atomic mass is 16.5. The number of rotatable bonds is 4. The Balaban J connectivity index is 1.65. The van der Waals surface area contributed by atoms with Crippen molar-refractivity contribution in [2.45, 2.75) is 20.3 Å². The van der Waals surface area contributed by atoms with Gasteiger partial charge in [-0.1, -0.05) is 5.16 Å². The molecule has 0 saturated carbocycles. The second-order valence-electron chi connectivity index (χ2n) is 5.95. The number of benzene rings is 1. The molecule has 1 aliphatic heterocycles. The van der Waals surface area contributed by atoms with E-state index in [0.717, 1.165) is 0 Å². The van der Waals surface area contributed by atoms with Crippen LogP contribution in [0.5, 0.6) is 0 Å². The van der Waals surface area contributed by atoms with E-state index >= 15 is 0 Å². The average Bonchev–Trinajstić information content (AvgIpc) is 3.13. The quantitative estimate of drug-likeness (QED) is 0.883. The van der Waals surface area contributed by atoms with Crippen LogP contribution >= 0.6 is 0 Å². The summed E-state index contributed by atoms with van der Waals surface area (Å²) in [6, 6.07) is 8.53. The fourth-order valence-corrected chi connectivity index (χ4v) is 2.71. The summed E-state index contributed by atoms with van der Waals surface area (Å²) < 4.78 is 4.91. The van der Waals surface area contributed by atoms with Crippen LogP contribution in [0.4, 0.5) is 17.2 Å². The normalized spacial score (nSPS) is 16.8. The van der Waals surface area contributed by atoms with Gasteiger partial charge in [-0.15, -0.1) is 0 Å². The molecular weight excluding hydrogens is 324 g/mol. The molecular formula is C17H18N4O4. The van der Waals surface area contributed by atoms with Gasteiger partial charge in [0, 0.05) is 37.3 Å². The molecule has 2 aromatic rings. The molecule has 1 fully saturated rings. The van der Waals surface area contributed by atoms with Crippen LogP contribution in [0, 0.1) is 12.8 Å². The van der Waals surface area contributed by atoms with Crippen molar-refractivity contribution >= 4 is 34.9 Å². The SMILES string of the molecule is CC(=O)Nc1ccc(N2CC(C(=O)Nc3cc(C)on3)CC2=O)cc1. The number of aromatic nitrogens is 1. The topological polar surface area (TPSA) is 105 Å². The molecule has 1 aromatic carbocycles. The minimum absolute atomic E-state index is 0.122. The first kappa shape index (κ1) is 16.7. The largest absolute Gasteiger partial charge is 0.360 e. The number of nitrogens with zero attached hydrogens (tertiary/aromatic N) is 2. The summed E-state index contributed by atoms with van der Waals surface area (Å²) in [5.41, 5.74) is 1.34. The van der Waals surface area contributed by atoms with E-state index in [4.69, 9.17) is 4.52 Å². The lowest BCUT2D eigenvalue weighted by molar-refractivity contribution is -0.122. The number of carbonyl (C=O) groups excluding carboxylic acids is 3. The molecule has 25 heavy (non-hydrogen) atoms. The van der Waals surface area contributed by atoms with Gasteiger partial charge in [0.15, 0.2) is 5.82 Å². The highest BCUT2D eigenvalue weighted by molar-refractivity contribution is 6.03. The Kier molecular flexibility index (Phi) is 4.51. The lowest BCUT2D eigenvalue weighted by atomic mass is 10.1. The maximum atomic E-state index is 12.3. The molecule has 0 spiro atoms. The number of aryl methyl sites for hydroxylation is 1. The van der Waals surface area contributed by atoms with Gasteiger partial charge in [0.25, 0.3) is 0 Å². The molecule has 0 bridgehead atoms. The van der Waals surface area contributed by atoms with Gasteiger partial charge in [-0.05, 0) is 31.2 Å². The third-order valence-electron chi connectivity index (χ3n) is 3.87. The summed E-state index contributed by atoms with van der Waals surface area (Å²) in [5.74, 6) is -0.0705. The van der Waals surface area contributed by atoms with Crippen LogP contribution in [0.1, 0.15) is 19.1 Å². The van der Waals surface area contributed by atoms with Gasteiger partial charge in [-0.3, -0.25) is 14.4 Å². The molecule has 1 atom stereocenters. The van der Waals surface area contributed by atoms with Crippen molar-refractivity contribution in [1.82, 2.24) is 5.16 Å². The van der Waals surface area contributed by atoms with Crippen LogP contribution in [-0.2, 0) is 14.4 Å². The molecule has 1 saturated heterocycles. The van der Waals surface area contributed by atoms with Crippen molar-refractivity contribution in [2.75, 3.05) is 22.1 Å². The van der Waals surface area contributed by atoms with E-state index < -0.39 is 5.92 Å². The monoisotopic (exact) mass is 342 g/mol. The van der Waals surface area contributed by atoms with E-state index in [1.54, 1.807) is 42.2 Å². The number of hydrogen-bond acceptors (Lipinski definition) is 5. The van der Waals surface area contributed by atoms with E-state index in [9.17, 15) is 14.4 Å². The molecule has 8 nitrogen and oxygen atoms in total. The van der Waals surface area contributed by atoms with Gasteiger partial charge in [0.05, 0.1) is 5.92 Å². The molecule has 2 N–H and O–H groups in total. The predicted octanol–water partition coefficient (Wildman–Crippen LogP) is 1.93. The van der Waals surface area contributed by atoms with Crippen LogP contribution in [0.3, 0.4) is 0 Å². The Morgan fingerprint density at radius 2 is 1.96 bits per heavy atom. The van der Waals surface area contributed by atoms with Crippen LogP contribution in [0.25, 0.3) is 0 Å². The lowest BCUT2D eigenvalue weighted by Gasteiger charge is -2.17. The summed E-state index contributed by atoms with van der Waals surface area (Å²) in [6.45, 7) is 3.45. The highest BCUT2D eigenvalue weighted by Crippen LogP contribution is 2.27. The third kappa shape index (κ3) is 3.85. The Hall–Kier alpha value is -3.16. The zero-order chi connectivity index (χ0) is 18.0. The second kappa shape index (κ2) is 6.76. The van der Waals surface area contributed by atoms with Crippen molar-refractivity contribution in [2.24, 2.45) is 5.92 Å². The van der Waals surface area contributed by atoms with Crippen molar-refractivity contribution in [3.05, 3.63) is 36.1 Å². The molecule has 3 amide bonds. The molecule has 0 aliphatic carbocycles. The maximum Gasteiger partial charge on any atom is 0.231 e. The van der Waals surface area contributed by atoms with E-state index in [1.807, 2.05) is 0 Å².